The molecule has 7 heteroatoms. The Labute approximate surface area is 187 Å². The summed E-state index contributed by atoms with van der Waals surface area (Å²) in [4.78, 5) is 20.3. The quantitative estimate of drug-likeness (QED) is 0.440. The zero-order valence-electron chi connectivity index (χ0n) is 16.6. The molecule has 0 aliphatic heterocycles. The minimum atomic E-state index is -0.274. The SMILES string of the molecule is N#Cc1c(NC(=O)c2sc3nc4c(cc3c2N)CCC4)sc2c1CCc1ccccc1-2. The van der Waals surface area contributed by atoms with Crippen molar-refractivity contribution in [3.8, 4) is 16.5 Å². The van der Waals surface area contributed by atoms with Gasteiger partial charge < -0.3 is 11.1 Å². The molecule has 6 rings (SSSR count). The maximum atomic E-state index is 13.2. The van der Waals surface area contributed by atoms with Crippen LogP contribution in [0.3, 0.4) is 0 Å². The average molecular weight is 443 g/mol. The lowest BCUT2D eigenvalue weighted by atomic mass is 9.90. The van der Waals surface area contributed by atoms with Crippen molar-refractivity contribution in [1.82, 2.24) is 4.98 Å². The first-order chi connectivity index (χ1) is 15.1. The van der Waals surface area contributed by atoms with Crippen LogP contribution in [0.4, 0.5) is 10.7 Å². The zero-order valence-corrected chi connectivity index (χ0v) is 18.3. The van der Waals surface area contributed by atoms with Crippen molar-refractivity contribution in [3.63, 3.8) is 0 Å². The van der Waals surface area contributed by atoms with E-state index in [1.54, 1.807) is 0 Å². The summed E-state index contributed by atoms with van der Waals surface area (Å²) in [5.41, 5.74) is 13.2. The lowest BCUT2D eigenvalue weighted by Gasteiger charge is -2.15. The Morgan fingerprint density at radius 2 is 2.00 bits per heavy atom. The summed E-state index contributed by atoms with van der Waals surface area (Å²) >= 11 is 2.80. The fourth-order valence-corrected chi connectivity index (χ4v) is 6.92. The van der Waals surface area contributed by atoms with Gasteiger partial charge in [0.05, 0.1) is 11.3 Å². The summed E-state index contributed by atoms with van der Waals surface area (Å²) in [7, 11) is 0. The van der Waals surface area contributed by atoms with Gasteiger partial charge in [-0.25, -0.2) is 4.98 Å². The molecule has 2 aliphatic rings. The van der Waals surface area contributed by atoms with Gasteiger partial charge >= 0.3 is 0 Å². The van der Waals surface area contributed by atoms with E-state index in [1.165, 1.54) is 33.8 Å². The Bertz CT molecular complexity index is 1440. The van der Waals surface area contributed by atoms with Gasteiger partial charge in [-0.1, -0.05) is 24.3 Å². The molecule has 2 aliphatic carbocycles. The number of aryl methyl sites for hydroxylation is 3. The van der Waals surface area contributed by atoms with Crippen molar-refractivity contribution in [3.05, 3.63) is 63.2 Å². The number of nitrogen functional groups attached to an aromatic ring is 1. The van der Waals surface area contributed by atoms with Crippen molar-refractivity contribution < 1.29 is 4.79 Å². The third-order valence-corrected chi connectivity index (χ3v) is 8.50. The van der Waals surface area contributed by atoms with E-state index in [1.807, 2.05) is 12.1 Å². The molecule has 0 spiro atoms. The molecule has 0 bridgehead atoms. The lowest BCUT2D eigenvalue weighted by molar-refractivity contribution is 0.103. The number of carbonyl (C=O) groups is 1. The van der Waals surface area contributed by atoms with Crippen LogP contribution in [-0.4, -0.2) is 10.9 Å². The van der Waals surface area contributed by atoms with E-state index in [9.17, 15) is 10.1 Å². The van der Waals surface area contributed by atoms with Crippen LogP contribution in [0, 0.1) is 11.3 Å². The van der Waals surface area contributed by atoms with Crippen LogP contribution in [0.5, 0.6) is 0 Å². The summed E-state index contributed by atoms with van der Waals surface area (Å²) in [5.74, 6) is -0.274. The number of anilines is 2. The minimum absolute atomic E-state index is 0.274. The van der Waals surface area contributed by atoms with Crippen LogP contribution in [0.15, 0.2) is 30.3 Å². The minimum Gasteiger partial charge on any atom is -0.397 e. The smallest absolute Gasteiger partial charge is 0.268 e. The molecular weight excluding hydrogens is 424 g/mol. The normalized spacial score (nSPS) is 14.0. The van der Waals surface area contributed by atoms with Gasteiger partial charge in [0, 0.05) is 16.0 Å². The molecule has 1 aromatic carbocycles. The molecular formula is C24H18N4OS2. The average Bonchev–Trinajstić information content (AvgIpc) is 3.47. The number of nitrogens with zero attached hydrogens (tertiary/aromatic N) is 2. The molecule has 0 atom stereocenters. The van der Waals surface area contributed by atoms with E-state index in [2.05, 4.69) is 29.6 Å². The maximum Gasteiger partial charge on any atom is 0.268 e. The van der Waals surface area contributed by atoms with Gasteiger partial charge in [0.25, 0.3) is 5.91 Å². The van der Waals surface area contributed by atoms with Crippen LogP contribution in [0.2, 0.25) is 0 Å². The molecule has 31 heavy (non-hydrogen) atoms. The van der Waals surface area contributed by atoms with Gasteiger partial charge in [0.1, 0.15) is 20.8 Å². The fourth-order valence-electron chi connectivity index (χ4n) is 4.67. The largest absolute Gasteiger partial charge is 0.397 e. The van der Waals surface area contributed by atoms with E-state index in [-0.39, 0.29) is 5.91 Å². The zero-order chi connectivity index (χ0) is 21.1. The van der Waals surface area contributed by atoms with Crippen LogP contribution in [-0.2, 0) is 25.7 Å². The van der Waals surface area contributed by atoms with Crippen molar-refractivity contribution in [2.24, 2.45) is 0 Å². The van der Waals surface area contributed by atoms with Crippen molar-refractivity contribution >= 4 is 49.5 Å². The first-order valence-corrected chi connectivity index (χ1v) is 11.9. The van der Waals surface area contributed by atoms with Crippen molar-refractivity contribution in [1.29, 1.82) is 5.26 Å². The molecule has 5 nitrogen and oxygen atoms in total. The highest BCUT2D eigenvalue weighted by molar-refractivity contribution is 7.22. The number of benzene rings is 1. The second kappa shape index (κ2) is 6.91. The molecule has 0 unspecified atom stereocenters. The third kappa shape index (κ3) is 2.79. The molecule has 3 heterocycles. The van der Waals surface area contributed by atoms with Gasteiger partial charge in [0.2, 0.25) is 0 Å². The number of aromatic nitrogens is 1. The van der Waals surface area contributed by atoms with Crippen LogP contribution >= 0.6 is 22.7 Å². The number of rotatable bonds is 2. The summed E-state index contributed by atoms with van der Waals surface area (Å²) in [6.45, 7) is 0. The summed E-state index contributed by atoms with van der Waals surface area (Å²) in [6, 6.07) is 12.7. The highest BCUT2D eigenvalue weighted by Crippen LogP contribution is 2.45. The number of pyridine rings is 1. The summed E-state index contributed by atoms with van der Waals surface area (Å²) in [5, 5.41) is 14.3. The Hall–Kier alpha value is -3.21. The Morgan fingerprint density at radius 3 is 2.87 bits per heavy atom. The maximum absolute atomic E-state index is 13.2. The number of carbonyl (C=O) groups excluding carboxylic acids is 1. The topological polar surface area (TPSA) is 91.8 Å². The van der Waals surface area contributed by atoms with Gasteiger partial charge in [-0.2, -0.15) is 5.26 Å². The number of nitrogens with one attached hydrogen (secondary N) is 1. The predicted octanol–water partition coefficient (Wildman–Crippen LogP) is 5.32. The molecule has 4 aromatic rings. The van der Waals surface area contributed by atoms with Crippen LogP contribution in [0.25, 0.3) is 20.7 Å². The molecule has 3 N–H and O–H groups in total. The van der Waals surface area contributed by atoms with Crippen molar-refractivity contribution in [2.45, 2.75) is 32.1 Å². The van der Waals surface area contributed by atoms with Crippen LogP contribution in [0.1, 0.15) is 44.0 Å². The molecule has 152 valence electrons. The molecule has 1 amide bonds. The Morgan fingerprint density at radius 1 is 1.13 bits per heavy atom. The molecule has 0 fully saturated rings. The molecule has 0 saturated heterocycles. The van der Waals surface area contributed by atoms with Gasteiger partial charge in [-0.15, -0.1) is 22.7 Å². The predicted molar refractivity (Wildman–Crippen MR) is 126 cm³/mol. The summed E-state index contributed by atoms with van der Waals surface area (Å²) < 4.78 is 0. The highest BCUT2D eigenvalue weighted by Gasteiger charge is 2.27. The monoisotopic (exact) mass is 442 g/mol. The Kier molecular flexibility index (Phi) is 4.13. The number of nitrogens with two attached hydrogens (primary N) is 1. The first kappa shape index (κ1) is 18.6. The number of hydrogen-bond acceptors (Lipinski definition) is 6. The fraction of sp³-hybridized carbons (Fsp3) is 0.208. The van der Waals surface area contributed by atoms with E-state index in [0.29, 0.717) is 21.1 Å². The second-order valence-corrected chi connectivity index (χ2v) is 10.0. The Balaban J connectivity index is 1.39. The molecule has 0 radical (unpaired) electrons. The standard InChI is InChI=1S/C24H18N4OS2/c25-11-17-15-9-8-12-4-1-2-6-14(12)20(15)30-24(17)28-22(29)21-19(26)16-10-13-5-3-7-18(13)27-23(16)31-21/h1-2,4,6,10H,3,5,7-9,26H2,(H,28,29). The third-order valence-electron chi connectivity index (χ3n) is 6.21. The van der Waals surface area contributed by atoms with Gasteiger partial charge in [-0.05, 0) is 60.4 Å². The number of thiophene rings is 2. The van der Waals surface area contributed by atoms with Gasteiger partial charge in [0.15, 0.2) is 0 Å². The number of amides is 1. The van der Waals surface area contributed by atoms with Gasteiger partial charge in [-0.3, -0.25) is 4.79 Å². The van der Waals surface area contributed by atoms with E-state index < -0.39 is 0 Å². The first-order valence-electron chi connectivity index (χ1n) is 10.3. The number of nitriles is 1. The summed E-state index contributed by atoms with van der Waals surface area (Å²) in [6.07, 6.45) is 4.83. The van der Waals surface area contributed by atoms with E-state index >= 15 is 0 Å². The van der Waals surface area contributed by atoms with E-state index in [4.69, 9.17) is 10.7 Å². The number of hydrogen-bond donors (Lipinski definition) is 2. The second-order valence-electron chi connectivity index (χ2n) is 7.98. The van der Waals surface area contributed by atoms with E-state index in [0.717, 1.165) is 64.0 Å². The molecule has 0 saturated carbocycles. The van der Waals surface area contributed by atoms with Crippen molar-refractivity contribution in [2.75, 3.05) is 11.1 Å². The highest BCUT2D eigenvalue weighted by atomic mass is 32.1. The number of fused-ring (bicyclic) bond motifs is 5. The lowest BCUT2D eigenvalue weighted by Crippen LogP contribution is -2.12. The molecule has 3 aromatic heterocycles. The van der Waals surface area contributed by atoms with Crippen LogP contribution < -0.4 is 11.1 Å².